The highest BCUT2D eigenvalue weighted by molar-refractivity contribution is 5.85. The first-order valence-corrected chi connectivity index (χ1v) is 8.83. The summed E-state index contributed by atoms with van der Waals surface area (Å²) in [4.78, 5) is 41.2. The third kappa shape index (κ3) is 9.47. The minimum Gasteiger partial charge on any atom is -0.480 e. The number of carbonyl (C=O) groups is 2. The molecule has 2 rings (SSSR count). The van der Waals surface area contributed by atoms with Crippen molar-refractivity contribution in [3.05, 3.63) is 79.9 Å². The van der Waals surface area contributed by atoms with Crippen LogP contribution in [0.15, 0.2) is 48.5 Å². The second kappa shape index (κ2) is 13.6. The topological polar surface area (TPSA) is 202 Å². The van der Waals surface area contributed by atoms with Gasteiger partial charge in [0.15, 0.2) is 0 Å². The Morgan fingerprint density at radius 1 is 0.875 bits per heavy atom. The lowest BCUT2D eigenvalue weighted by Crippen LogP contribution is -2.33. The Bertz CT molecular complexity index is 922. The quantitative estimate of drug-likeness (QED) is 0.289. The van der Waals surface area contributed by atoms with Crippen molar-refractivity contribution < 1.29 is 29.3 Å². The zero-order valence-electron chi connectivity index (χ0n) is 17.0. The summed E-state index contributed by atoms with van der Waals surface area (Å²) in [5.74, 6) is -1.59. The van der Waals surface area contributed by atoms with Crippen LogP contribution >= 0.6 is 12.4 Å². The predicted octanol–water partition coefficient (Wildman–Crippen LogP) is 1.61. The molecule has 12 nitrogen and oxygen atoms in total. The second-order valence-electron chi connectivity index (χ2n) is 6.33. The maximum Gasteiger partial charge on any atom is 0.322 e. The van der Waals surface area contributed by atoms with E-state index in [0.717, 1.165) is 5.56 Å². The maximum atomic E-state index is 11.0. The lowest BCUT2D eigenvalue weighted by Gasteiger charge is -2.08. The van der Waals surface area contributed by atoms with Gasteiger partial charge >= 0.3 is 11.9 Å². The van der Waals surface area contributed by atoms with E-state index >= 15 is 0 Å². The van der Waals surface area contributed by atoms with Crippen LogP contribution in [0.1, 0.15) is 11.1 Å². The molecule has 5 N–H and O–H groups in total. The Morgan fingerprint density at radius 3 is 1.50 bits per heavy atom. The molecule has 0 aliphatic carbocycles. The standard InChI is InChI=1S/C10H12N2O4.C9H10N2O4.ClH/c1-16-10(13)9(11)6-7-2-4-8(5-3-7)12(14)15;10-8(9(12)13)5-6-1-3-7(4-2-6)11(14)15;/h2-5,9H,6,11H2,1H3;1-4,8H,5,10H2,(H,12,13);1H. The maximum absolute atomic E-state index is 11.0. The minimum absolute atomic E-state index is 0. The number of esters is 1. The third-order valence-electron chi connectivity index (χ3n) is 4.03. The molecule has 0 saturated carbocycles. The molecule has 0 heterocycles. The summed E-state index contributed by atoms with van der Waals surface area (Å²) < 4.78 is 4.47. The van der Waals surface area contributed by atoms with E-state index in [1.165, 1.54) is 43.5 Å². The molecule has 0 aliphatic rings. The number of carboxylic acids is 1. The number of aliphatic carboxylic acids is 1. The number of halogens is 1. The SMILES string of the molecule is COC(=O)C(N)Cc1ccc([N+](=O)[O-])cc1.Cl.NC(Cc1ccc([N+](=O)[O-])cc1)C(=O)O. The van der Waals surface area contributed by atoms with Crippen LogP contribution in [0.2, 0.25) is 0 Å². The van der Waals surface area contributed by atoms with Gasteiger partial charge in [-0.15, -0.1) is 12.4 Å². The summed E-state index contributed by atoms with van der Waals surface area (Å²) in [5, 5.41) is 29.3. The first-order chi connectivity index (χ1) is 14.5. The van der Waals surface area contributed by atoms with Crippen molar-refractivity contribution >= 4 is 35.7 Å². The fraction of sp³-hybridized carbons (Fsp3) is 0.263. The Labute approximate surface area is 188 Å². The van der Waals surface area contributed by atoms with Crippen molar-refractivity contribution in [3.63, 3.8) is 0 Å². The van der Waals surface area contributed by atoms with Gasteiger partial charge in [-0.05, 0) is 24.0 Å². The highest BCUT2D eigenvalue weighted by Gasteiger charge is 2.15. The second-order valence-corrected chi connectivity index (χ2v) is 6.33. The van der Waals surface area contributed by atoms with E-state index in [4.69, 9.17) is 16.6 Å². The first kappa shape index (κ1) is 28.4. The molecule has 174 valence electrons. The molecule has 0 spiro atoms. The molecule has 0 fully saturated rings. The molecule has 0 radical (unpaired) electrons. The van der Waals surface area contributed by atoms with Crippen LogP contribution in [0.5, 0.6) is 0 Å². The van der Waals surface area contributed by atoms with Gasteiger partial charge in [0.25, 0.3) is 11.4 Å². The van der Waals surface area contributed by atoms with E-state index < -0.39 is 33.9 Å². The summed E-state index contributed by atoms with van der Waals surface area (Å²) in [5.41, 5.74) is 12.3. The zero-order chi connectivity index (χ0) is 23.6. The molecular weight excluding hydrogens is 448 g/mol. The van der Waals surface area contributed by atoms with Crippen molar-refractivity contribution in [3.8, 4) is 0 Å². The van der Waals surface area contributed by atoms with Crippen molar-refractivity contribution in [1.82, 2.24) is 0 Å². The molecule has 13 heteroatoms. The monoisotopic (exact) mass is 470 g/mol. The number of hydrogen-bond acceptors (Lipinski definition) is 9. The number of nitro groups is 2. The number of rotatable bonds is 8. The van der Waals surface area contributed by atoms with Gasteiger partial charge in [0.1, 0.15) is 12.1 Å². The predicted molar refractivity (Wildman–Crippen MR) is 116 cm³/mol. The van der Waals surface area contributed by atoms with Crippen LogP contribution in [-0.4, -0.2) is 46.1 Å². The van der Waals surface area contributed by atoms with E-state index in [9.17, 15) is 29.8 Å². The first-order valence-electron chi connectivity index (χ1n) is 8.83. The average Bonchev–Trinajstić information content (AvgIpc) is 2.74. The third-order valence-corrected chi connectivity index (χ3v) is 4.03. The van der Waals surface area contributed by atoms with Crippen LogP contribution in [0.4, 0.5) is 11.4 Å². The highest BCUT2D eigenvalue weighted by Crippen LogP contribution is 2.13. The van der Waals surface area contributed by atoms with Crippen LogP contribution in [-0.2, 0) is 27.2 Å². The van der Waals surface area contributed by atoms with Gasteiger partial charge in [0.05, 0.1) is 17.0 Å². The number of methoxy groups -OCH3 is 1. The molecule has 32 heavy (non-hydrogen) atoms. The summed E-state index contributed by atoms with van der Waals surface area (Å²) in [6, 6.07) is 9.81. The van der Waals surface area contributed by atoms with Gasteiger partial charge in [0.2, 0.25) is 0 Å². The Balaban J connectivity index is 0.000000584. The van der Waals surface area contributed by atoms with Gasteiger partial charge in [-0.1, -0.05) is 24.3 Å². The molecule has 2 atom stereocenters. The molecule has 0 aliphatic heterocycles. The van der Waals surface area contributed by atoms with Gasteiger partial charge in [-0.2, -0.15) is 0 Å². The largest absolute Gasteiger partial charge is 0.480 e. The van der Waals surface area contributed by atoms with E-state index in [0.29, 0.717) is 12.0 Å². The Hall–Kier alpha value is -3.61. The van der Waals surface area contributed by atoms with Gasteiger partial charge < -0.3 is 21.3 Å². The number of carbonyl (C=O) groups excluding carboxylic acids is 1. The molecular formula is C19H23ClN4O8. The number of nitrogens with zero attached hydrogens (tertiary/aromatic N) is 2. The minimum atomic E-state index is -1.09. The summed E-state index contributed by atoms with van der Waals surface area (Å²) in [6.07, 6.45) is 0.456. The van der Waals surface area contributed by atoms with Gasteiger partial charge in [-0.3, -0.25) is 29.8 Å². The van der Waals surface area contributed by atoms with E-state index in [1.54, 1.807) is 12.1 Å². The molecule has 2 aromatic carbocycles. The molecule has 0 saturated heterocycles. The van der Waals surface area contributed by atoms with Crippen LogP contribution in [0, 0.1) is 20.2 Å². The summed E-state index contributed by atoms with van der Waals surface area (Å²) in [6.45, 7) is 0. The van der Waals surface area contributed by atoms with E-state index in [-0.39, 0.29) is 30.2 Å². The smallest absolute Gasteiger partial charge is 0.322 e. The number of hydrogen-bond donors (Lipinski definition) is 3. The van der Waals surface area contributed by atoms with E-state index in [1.807, 2.05) is 0 Å². The number of nitrogens with two attached hydrogens (primary N) is 2. The van der Waals surface area contributed by atoms with Crippen LogP contribution < -0.4 is 11.5 Å². The lowest BCUT2D eigenvalue weighted by atomic mass is 10.1. The number of ether oxygens (including phenoxy) is 1. The van der Waals surface area contributed by atoms with Crippen molar-refractivity contribution in [2.45, 2.75) is 24.9 Å². The summed E-state index contributed by atoms with van der Waals surface area (Å²) in [7, 11) is 1.26. The lowest BCUT2D eigenvalue weighted by molar-refractivity contribution is -0.385. The fourth-order valence-corrected chi connectivity index (χ4v) is 2.34. The normalized spacial score (nSPS) is 11.6. The van der Waals surface area contributed by atoms with Crippen molar-refractivity contribution in [1.29, 1.82) is 0 Å². The molecule has 0 bridgehead atoms. The molecule has 0 amide bonds. The Kier molecular flexibility index (Phi) is 12.1. The Morgan fingerprint density at radius 2 is 1.22 bits per heavy atom. The molecule has 2 unspecified atom stereocenters. The van der Waals surface area contributed by atoms with Crippen LogP contribution in [0.25, 0.3) is 0 Å². The molecule has 0 aromatic heterocycles. The van der Waals surface area contributed by atoms with Crippen LogP contribution in [0.3, 0.4) is 0 Å². The van der Waals surface area contributed by atoms with Crippen molar-refractivity contribution in [2.75, 3.05) is 7.11 Å². The van der Waals surface area contributed by atoms with Gasteiger partial charge in [0, 0.05) is 24.3 Å². The number of carboxylic acid groups (broad SMARTS) is 1. The van der Waals surface area contributed by atoms with E-state index in [2.05, 4.69) is 4.74 Å². The average molecular weight is 471 g/mol. The number of benzene rings is 2. The number of nitro benzene ring substituents is 2. The van der Waals surface area contributed by atoms with Gasteiger partial charge in [-0.25, -0.2) is 0 Å². The number of non-ortho nitro benzene ring substituents is 2. The fourth-order valence-electron chi connectivity index (χ4n) is 2.34. The zero-order valence-corrected chi connectivity index (χ0v) is 17.8. The summed E-state index contributed by atoms with van der Waals surface area (Å²) >= 11 is 0. The highest BCUT2D eigenvalue weighted by atomic mass is 35.5. The molecule has 2 aromatic rings. The van der Waals surface area contributed by atoms with Crippen molar-refractivity contribution in [2.24, 2.45) is 11.5 Å².